The Morgan fingerprint density at radius 2 is 1.62 bits per heavy atom. The maximum absolute atomic E-state index is 12.3. The average Bonchev–Trinajstić information content (AvgIpc) is 2.38. The quantitative estimate of drug-likeness (QED) is 0.811. The number of hydrogen-bond donors (Lipinski definition) is 2. The van der Waals surface area contributed by atoms with Gasteiger partial charge in [-0.2, -0.15) is 0 Å². The highest BCUT2D eigenvalue weighted by Crippen LogP contribution is 2.23. The van der Waals surface area contributed by atoms with E-state index < -0.39 is 16.8 Å². The first-order valence-electron chi connectivity index (χ1n) is 7.21. The summed E-state index contributed by atoms with van der Waals surface area (Å²) in [5, 5.41) is 11.9. The second-order valence-electron chi connectivity index (χ2n) is 6.74. The maximum Gasteiger partial charge on any atom is 0.309 e. The number of benzene rings is 1. The molecule has 0 aliphatic rings. The van der Waals surface area contributed by atoms with Crippen molar-refractivity contribution in [3.63, 3.8) is 0 Å². The number of rotatable bonds is 7. The molecular weight excluding hydrogens is 266 g/mol. The van der Waals surface area contributed by atoms with Gasteiger partial charge in [-0.3, -0.25) is 9.59 Å². The van der Waals surface area contributed by atoms with Crippen molar-refractivity contribution in [1.82, 2.24) is 5.32 Å². The van der Waals surface area contributed by atoms with Gasteiger partial charge in [0, 0.05) is 12.0 Å². The number of amides is 1. The van der Waals surface area contributed by atoms with E-state index in [0.29, 0.717) is 19.4 Å². The molecule has 4 heteroatoms. The number of carboxylic acid groups (broad SMARTS) is 1. The van der Waals surface area contributed by atoms with Crippen molar-refractivity contribution in [3.05, 3.63) is 35.9 Å². The molecule has 0 unspecified atom stereocenters. The highest BCUT2D eigenvalue weighted by molar-refractivity contribution is 5.82. The maximum atomic E-state index is 12.3. The molecule has 0 saturated carbocycles. The molecule has 0 spiro atoms. The second-order valence-corrected chi connectivity index (χ2v) is 6.74. The third kappa shape index (κ3) is 5.21. The summed E-state index contributed by atoms with van der Waals surface area (Å²) in [4.78, 5) is 23.3. The number of carboxylic acids is 1. The molecule has 4 nitrogen and oxygen atoms in total. The van der Waals surface area contributed by atoms with E-state index in [9.17, 15) is 9.59 Å². The molecule has 0 fully saturated rings. The molecular formula is C17H25NO3. The van der Waals surface area contributed by atoms with Crippen LogP contribution in [0.1, 0.15) is 39.7 Å². The van der Waals surface area contributed by atoms with Gasteiger partial charge in [0.15, 0.2) is 0 Å². The Morgan fingerprint density at radius 3 is 2.14 bits per heavy atom. The average molecular weight is 291 g/mol. The fraction of sp³-hybridized carbons (Fsp3) is 0.529. The van der Waals surface area contributed by atoms with Crippen molar-refractivity contribution in [2.24, 2.45) is 10.8 Å². The summed E-state index contributed by atoms with van der Waals surface area (Å²) in [5.41, 5.74) is -0.227. The van der Waals surface area contributed by atoms with Gasteiger partial charge in [0.1, 0.15) is 0 Å². The molecule has 0 aliphatic heterocycles. The number of carbonyl (C=O) groups excluding carboxylic acids is 1. The summed E-state index contributed by atoms with van der Waals surface area (Å²) in [7, 11) is 0. The first-order valence-corrected chi connectivity index (χ1v) is 7.21. The molecule has 2 N–H and O–H groups in total. The van der Waals surface area contributed by atoms with Crippen LogP contribution >= 0.6 is 0 Å². The van der Waals surface area contributed by atoms with Crippen molar-refractivity contribution in [2.75, 3.05) is 6.54 Å². The molecule has 1 rings (SSSR count). The van der Waals surface area contributed by atoms with Crippen molar-refractivity contribution < 1.29 is 14.7 Å². The Morgan fingerprint density at radius 1 is 1.05 bits per heavy atom. The standard InChI is InChI=1S/C17H25NO3/c1-16(2,15(20)21)10-11-18-14(19)17(3,4)12-13-8-6-5-7-9-13/h5-9H,10-12H2,1-4H3,(H,18,19)(H,20,21). The van der Waals surface area contributed by atoms with Gasteiger partial charge in [-0.05, 0) is 32.3 Å². The molecule has 0 saturated heterocycles. The van der Waals surface area contributed by atoms with Crippen LogP contribution in [0, 0.1) is 10.8 Å². The van der Waals surface area contributed by atoms with Crippen LogP contribution in [0.25, 0.3) is 0 Å². The predicted octanol–water partition coefficient (Wildman–Crippen LogP) is 2.87. The van der Waals surface area contributed by atoms with Crippen LogP contribution in [-0.4, -0.2) is 23.5 Å². The highest BCUT2D eigenvalue weighted by atomic mass is 16.4. The van der Waals surface area contributed by atoms with Crippen LogP contribution in [0.2, 0.25) is 0 Å². The predicted molar refractivity (Wildman–Crippen MR) is 83.0 cm³/mol. The zero-order valence-corrected chi connectivity index (χ0v) is 13.3. The van der Waals surface area contributed by atoms with Crippen LogP contribution in [0.5, 0.6) is 0 Å². The van der Waals surface area contributed by atoms with Gasteiger partial charge in [0.2, 0.25) is 5.91 Å². The number of nitrogens with one attached hydrogen (secondary N) is 1. The van der Waals surface area contributed by atoms with E-state index in [4.69, 9.17) is 5.11 Å². The molecule has 0 aromatic heterocycles. The van der Waals surface area contributed by atoms with Gasteiger partial charge in [-0.15, -0.1) is 0 Å². The van der Waals surface area contributed by atoms with Crippen molar-refractivity contribution >= 4 is 11.9 Å². The fourth-order valence-electron chi connectivity index (χ4n) is 2.02. The zero-order valence-electron chi connectivity index (χ0n) is 13.3. The minimum Gasteiger partial charge on any atom is -0.481 e. The Hall–Kier alpha value is -1.84. The second kappa shape index (κ2) is 6.74. The Balaban J connectivity index is 2.52. The lowest BCUT2D eigenvalue weighted by Crippen LogP contribution is -2.40. The minimum atomic E-state index is -0.847. The molecule has 1 aromatic carbocycles. The van der Waals surface area contributed by atoms with Crippen molar-refractivity contribution in [1.29, 1.82) is 0 Å². The topological polar surface area (TPSA) is 66.4 Å². The summed E-state index contributed by atoms with van der Waals surface area (Å²) in [5.74, 6) is -0.896. The minimum absolute atomic E-state index is 0.0486. The van der Waals surface area contributed by atoms with Crippen LogP contribution in [0.3, 0.4) is 0 Å². The molecule has 1 amide bonds. The van der Waals surface area contributed by atoms with E-state index in [1.54, 1.807) is 13.8 Å². The van der Waals surface area contributed by atoms with E-state index in [1.165, 1.54) is 0 Å². The Labute approximate surface area is 126 Å². The largest absolute Gasteiger partial charge is 0.481 e. The van der Waals surface area contributed by atoms with Crippen LogP contribution in [0.15, 0.2) is 30.3 Å². The highest BCUT2D eigenvalue weighted by Gasteiger charge is 2.30. The Kier molecular flexibility index (Phi) is 5.53. The molecule has 0 aliphatic carbocycles. The SMILES string of the molecule is CC(C)(CCNC(=O)C(C)(C)Cc1ccccc1)C(=O)O. The van der Waals surface area contributed by atoms with Gasteiger partial charge in [0.05, 0.1) is 5.41 Å². The summed E-state index contributed by atoms with van der Waals surface area (Å²) in [6, 6.07) is 9.87. The normalized spacial score (nSPS) is 12.0. The van der Waals surface area contributed by atoms with E-state index >= 15 is 0 Å². The Bertz CT molecular complexity index is 492. The third-order valence-electron chi connectivity index (χ3n) is 3.72. The number of hydrogen-bond acceptors (Lipinski definition) is 2. The number of aliphatic carboxylic acids is 1. The van der Waals surface area contributed by atoms with Crippen molar-refractivity contribution in [2.45, 2.75) is 40.5 Å². The summed E-state index contributed by atoms with van der Waals surface area (Å²) in [6.45, 7) is 7.50. The van der Waals surface area contributed by atoms with Gasteiger partial charge < -0.3 is 10.4 Å². The first-order chi connectivity index (χ1) is 9.65. The molecule has 0 heterocycles. The van der Waals surface area contributed by atoms with Crippen LogP contribution < -0.4 is 5.32 Å². The smallest absolute Gasteiger partial charge is 0.309 e. The van der Waals surface area contributed by atoms with E-state index in [0.717, 1.165) is 5.56 Å². The van der Waals surface area contributed by atoms with E-state index in [-0.39, 0.29) is 5.91 Å². The summed E-state index contributed by atoms with van der Waals surface area (Å²) < 4.78 is 0. The monoisotopic (exact) mass is 291 g/mol. The molecule has 0 radical (unpaired) electrons. The molecule has 0 bridgehead atoms. The third-order valence-corrected chi connectivity index (χ3v) is 3.72. The molecule has 21 heavy (non-hydrogen) atoms. The lowest BCUT2D eigenvalue weighted by atomic mass is 9.84. The van der Waals surface area contributed by atoms with Gasteiger partial charge in [-0.1, -0.05) is 44.2 Å². The fourth-order valence-corrected chi connectivity index (χ4v) is 2.02. The zero-order chi connectivity index (χ0) is 16.1. The van der Waals surface area contributed by atoms with E-state index in [2.05, 4.69) is 5.32 Å². The molecule has 1 aromatic rings. The molecule has 0 atom stereocenters. The lowest BCUT2D eigenvalue weighted by Gasteiger charge is -2.25. The molecule has 116 valence electrons. The van der Waals surface area contributed by atoms with Gasteiger partial charge in [0.25, 0.3) is 0 Å². The number of carbonyl (C=O) groups is 2. The van der Waals surface area contributed by atoms with Gasteiger partial charge in [-0.25, -0.2) is 0 Å². The van der Waals surface area contributed by atoms with E-state index in [1.807, 2.05) is 44.2 Å². The van der Waals surface area contributed by atoms with Crippen LogP contribution in [0.4, 0.5) is 0 Å². The van der Waals surface area contributed by atoms with Crippen LogP contribution in [-0.2, 0) is 16.0 Å². The first kappa shape index (κ1) is 17.2. The summed E-state index contributed by atoms with van der Waals surface area (Å²) in [6.07, 6.45) is 1.07. The van der Waals surface area contributed by atoms with Crippen molar-refractivity contribution in [3.8, 4) is 0 Å². The van der Waals surface area contributed by atoms with Gasteiger partial charge >= 0.3 is 5.97 Å². The lowest BCUT2D eigenvalue weighted by molar-refractivity contribution is -0.147. The summed E-state index contributed by atoms with van der Waals surface area (Å²) >= 11 is 0.